The highest BCUT2D eigenvalue weighted by molar-refractivity contribution is 6.32. The molecule has 0 bridgehead atoms. The Morgan fingerprint density at radius 1 is 1.46 bits per heavy atom. The van der Waals surface area contributed by atoms with Crippen LogP contribution in [0, 0.1) is 0 Å². The van der Waals surface area contributed by atoms with E-state index in [1.165, 1.54) is 6.20 Å². The summed E-state index contributed by atoms with van der Waals surface area (Å²) < 4.78 is 5.16. The SMILES string of the molecule is COc1ccc(CN2CCC(NC(=O)c3cccnc3)C(O)C2)cc1Cl. The van der Waals surface area contributed by atoms with Crippen LogP contribution in [0.15, 0.2) is 42.7 Å². The van der Waals surface area contributed by atoms with Gasteiger partial charge >= 0.3 is 0 Å². The minimum Gasteiger partial charge on any atom is -0.495 e. The zero-order valence-electron chi connectivity index (χ0n) is 14.6. The highest BCUT2D eigenvalue weighted by atomic mass is 35.5. The highest BCUT2D eigenvalue weighted by Gasteiger charge is 2.29. The maximum atomic E-state index is 12.2. The third-order valence-electron chi connectivity index (χ3n) is 4.53. The second kappa shape index (κ2) is 8.49. The highest BCUT2D eigenvalue weighted by Crippen LogP contribution is 2.26. The molecule has 1 amide bonds. The number of hydrogen-bond donors (Lipinski definition) is 2. The zero-order valence-corrected chi connectivity index (χ0v) is 15.3. The molecule has 1 aromatic carbocycles. The number of aliphatic hydroxyl groups is 1. The van der Waals surface area contributed by atoms with Crippen molar-refractivity contribution in [3.63, 3.8) is 0 Å². The van der Waals surface area contributed by atoms with E-state index in [0.29, 0.717) is 35.8 Å². The predicted octanol–water partition coefficient (Wildman–Crippen LogP) is 2.11. The largest absolute Gasteiger partial charge is 0.495 e. The van der Waals surface area contributed by atoms with E-state index in [-0.39, 0.29) is 11.9 Å². The van der Waals surface area contributed by atoms with Gasteiger partial charge in [-0.2, -0.15) is 0 Å². The molecule has 138 valence electrons. The first kappa shape index (κ1) is 18.6. The number of methoxy groups -OCH3 is 1. The standard InChI is InChI=1S/C19H22ClN3O3/c1-26-18-5-4-13(9-15(18)20)11-23-8-6-16(17(24)12-23)22-19(25)14-3-2-7-21-10-14/h2-5,7,9-10,16-17,24H,6,8,11-12H2,1H3,(H,22,25). The number of benzene rings is 1. The predicted molar refractivity (Wildman–Crippen MR) is 99.4 cm³/mol. The molecule has 0 spiro atoms. The van der Waals surface area contributed by atoms with Crippen LogP contribution in [0.1, 0.15) is 22.3 Å². The number of likely N-dealkylation sites (tertiary alicyclic amines) is 1. The number of carbonyl (C=O) groups is 1. The molecule has 2 heterocycles. The van der Waals surface area contributed by atoms with Crippen molar-refractivity contribution >= 4 is 17.5 Å². The Morgan fingerprint density at radius 3 is 2.96 bits per heavy atom. The summed E-state index contributed by atoms with van der Waals surface area (Å²) in [6, 6.07) is 8.84. The molecule has 2 unspecified atom stereocenters. The minimum absolute atomic E-state index is 0.211. The number of aromatic nitrogens is 1. The maximum Gasteiger partial charge on any atom is 0.253 e. The molecule has 2 N–H and O–H groups in total. The molecule has 1 aromatic heterocycles. The summed E-state index contributed by atoms with van der Waals surface area (Å²) in [5.41, 5.74) is 1.55. The number of piperidine rings is 1. The van der Waals surface area contributed by atoms with Gasteiger partial charge in [-0.3, -0.25) is 14.7 Å². The van der Waals surface area contributed by atoms with Crippen molar-refractivity contribution in [1.29, 1.82) is 0 Å². The van der Waals surface area contributed by atoms with Gasteiger partial charge in [0.05, 0.1) is 29.8 Å². The summed E-state index contributed by atoms with van der Waals surface area (Å²) in [5.74, 6) is 0.435. The van der Waals surface area contributed by atoms with E-state index >= 15 is 0 Å². The quantitative estimate of drug-likeness (QED) is 0.837. The number of carbonyl (C=O) groups excluding carboxylic acids is 1. The van der Waals surface area contributed by atoms with Crippen molar-refractivity contribution in [3.05, 3.63) is 58.9 Å². The molecule has 26 heavy (non-hydrogen) atoms. The van der Waals surface area contributed by atoms with E-state index in [1.807, 2.05) is 18.2 Å². The molecule has 6 nitrogen and oxygen atoms in total. The summed E-state index contributed by atoms with van der Waals surface area (Å²) in [6.45, 7) is 1.95. The van der Waals surface area contributed by atoms with Crippen LogP contribution < -0.4 is 10.1 Å². The fourth-order valence-corrected chi connectivity index (χ4v) is 3.40. The van der Waals surface area contributed by atoms with Crippen molar-refractivity contribution in [3.8, 4) is 5.75 Å². The van der Waals surface area contributed by atoms with Crippen LogP contribution in [0.4, 0.5) is 0 Å². The number of hydrogen-bond acceptors (Lipinski definition) is 5. The van der Waals surface area contributed by atoms with Gasteiger partial charge in [0.1, 0.15) is 5.75 Å². The molecule has 0 radical (unpaired) electrons. The monoisotopic (exact) mass is 375 g/mol. The average Bonchev–Trinajstić information content (AvgIpc) is 2.65. The van der Waals surface area contributed by atoms with Crippen LogP contribution in [0.2, 0.25) is 5.02 Å². The summed E-state index contributed by atoms with van der Waals surface area (Å²) in [5, 5.41) is 13.9. The molecule has 3 rings (SSSR count). The van der Waals surface area contributed by atoms with Gasteiger partial charge in [-0.15, -0.1) is 0 Å². The first-order valence-corrected chi connectivity index (χ1v) is 8.88. The Bertz CT molecular complexity index is 757. The van der Waals surface area contributed by atoms with Crippen LogP contribution in [0.3, 0.4) is 0 Å². The second-order valence-electron chi connectivity index (χ2n) is 6.38. The van der Waals surface area contributed by atoms with E-state index in [1.54, 1.807) is 25.4 Å². The normalized spacial score (nSPS) is 20.6. The molecule has 1 aliphatic heterocycles. The lowest BCUT2D eigenvalue weighted by atomic mass is 10.0. The number of nitrogens with zero attached hydrogens (tertiary/aromatic N) is 2. The second-order valence-corrected chi connectivity index (χ2v) is 6.79. The van der Waals surface area contributed by atoms with Crippen molar-refractivity contribution in [1.82, 2.24) is 15.2 Å². The topological polar surface area (TPSA) is 74.7 Å². The summed E-state index contributed by atoms with van der Waals surface area (Å²) in [7, 11) is 1.59. The van der Waals surface area contributed by atoms with E-state index in [2.05, 4.69) is 15.2 Å². The molecular weight excluding hydrogens is 354 g/mol. The smallest absolute Gasteiger partial charge is 0.253 e. The van der Waals surface area contributed by atoms with Gasteiger partial charge in [-0.25, -0.2) is 0 Å². The Kier molecular flexibility index (Phi) is 6.08. The van der Waals surface area contributed by atoms with E-state index < -0.39 is 6.10 Å². The molecule has 1 fully saturated rings. The van der Waals surface area contributed by atoms with Gasteiger partial charge in [0.15, 0.2) is 0 Å². The van der Waals surface area contributed by atoms with Gasteiger partial charge in [0.25, 0.3) is 5.91 Å². The van der Waals surface area contributed by atoms with Crippen LogP contribution >= 0.6 is 11.6 Å². The van der Waals surface area contributed by atoms with Crippen molar-refractivity contribution in [2.24, 2.45) is 0 Å². The fraction of sp³-hybridized carbons (Fsp3) is 0.368. The van der Waals surface area contributed by atoms with Crippen LogP contribution in [-0.4, -0.2) is 53.2 Å². The van der Waals surface area contributed by atoms with Crippen LogP contribution in [-0.2, 0) is 6.54 Å². The number of halogens is 1. The van der Waals surface area contributed by atoms with E-state index in [9.17, 15) is 9.90 Å². The fourth-order valence-electron chi connectivity index (χ4n) is 3.12. The molecule has 1 aliphatic rings. The number of rotatable bonds is 5. The van der Waals surface area contributed by atoms with Gasteiger partial charge < -0.3 is 15.2 Å². The molecule has 0 saturated carbocycles. The Labute approximate surface area is 157 Å². The third kappa shape index (κ3) is 4.52. The lowest BCUT2D eigenvalue weighted by Crippen LogP contribution is -2.53. The molecule has 7 heteroatoms. The minimum atomic E-state index is -0.627. The molecule has 1 saturated heterocycles. The van der Waals surface area contributed by atoms with Crippen molar-refractivity contribution in [2.45, 2.75) is 25.1 Å². The maximum absolute atomic E-state index is 12.2. The third-order valence-corrected chi connectivity index (χ3v) is 4.82. The van der Waals surface area contributed by atoms with Crippen LogP contribution in [0.25, 0.3) is 0 Å². The first-order chi connectivity index (χ1) is 12.6. The Morgan fingerprint density at radius 2 is 2.31 bits per heavy atom. The van der Waals surface area contributed by atoms with Gasteiger partial charge in [0.2, 0.25) is 0 Å². The summed E-state index contributed by atoms with van der Waals surface area (Å²) >= 11 is 6.17. The number of pyridine rings is 1. The summed E-state index contributed by atoms with van der Waals surface area (Å²) in [6.07, 6.45) is 3.19. The summed E-state index contributed by atoms with van der Waals surface area (Å²) in [4.78, 5) is 18.3. The zero-order chi connectivity index (χ0) is 18.5. The molecule has 0 aliphatic carbocycles. The molecule has 2 atom stereocenters. The van der Waals surface area contributed by atoms with E-state index in [4.69, 9.17) is 16.3 Å². The van der Waals surface area contributed by atoms with Crippen LogP contribution in [0.5, 0.6) is 5.75 Å². The number of ether oxygens (including phenoxy) is 1. The number of amides is 1. The lowest BCUT2D eigenvalue weighted by Gasteiger charge is -2.36. The number of aliphatic hydroxyl groups excluding tert-OH is 1. The number of nitrogens with one attached hydrogen (secondary N) is 1. The first-order valence-electron chi connectivity index (χ1n) is 8.50. The number of β-amino-alcohol motifs (C(OH)–C–C–N with tert-alkyl or cyclic N) is 1. The lowest BCUT2D eigenvalue weighted by molar-refractivity contribution is 0.0349. The van der Waals surface area contributed by atoms with Gasteiger partial charge in [-0.1, -0.05) is 17.7 Å². The van der Waals surface area contributed by atoms with E-state index in [0.717, 1.165) is 12.1 Å². The Balaban J connectivity index is 1.55. The molecule has 2 aromatic rings. The Hall–Kier alpha value is -2.15. The molecular formula is C19H22ClN3O3. The van der Waals surface area contributed by atoms with Gasteiger partial charge in [-0.05, 0) is 36.2 Å². The van der Waals surface area contributed by atoms with Crippen molar-refractivity contribution < 1.29 is 14.6 Å². The van der Waals surface area contributed by atoms with Crippen molar-refractivity contribution in [2.75, 3.05) is 20.2 Å². The average molecular weight is 376 g/mol. The van der Waals surface area contributed by atoms with Gasteiger partial charge in [0, 0.05) is 32.0 Å².